The van der Waals surface area contributed by atoms with Crippen molar-refractivity contribution in [3.05, 3.63) is 48.0 Å². The van der Waals surface area contributed by atoms with Gasteiger partial charge in [-0.25, -0.2) is 8.42 Å². The first-order valence-electron chi connectivity index (χ1n) is 8.82. The number of hydrogen-bond donors (Lipinski definition) is 1. The first-order chi connectivity index (χ1) is 13.2. The van der Waals surface area contributed by atoms with Crippen molar-refractivity contribution in [3.8, 4) is 11.5 Å². The minimum atomic E-state index is -3.69. The smallest absolute Gasteiger partial charge is 0.248 e. The van der Waals surface area contributed by atoms with Crippen LogP contribution in [0.25, 0.3) is 0 Å². The van der Waals surface area contributed by atoms with Crippen LogP contribution in [0.5, 0.6) is 11.5 Å². The van der Waals surface area contributed by atoms with Gasteiger partial charge in [0.15, 0.2) is 0 Å². The molecule has 0 saturated carbocycles. The molecule has 0 aliphatic heterocycles. The van der Waals surface area contributed by atoms with Gasteiger partial charge >= 0.3 is 0 Å². The lowest BCUT2D eigenvalue weighted by atomic mass is 10.1. The average molecular weight is 407 g/mol. The number of nitrogens with one attached hydrogen (secondary N) is 1. The zero-order valence-corrected chi connectivity index (χ0v) is 17.5. The number of anilines is 2. The van der Waals surface area contributed by atoms with Gasteiger partial charge in [0.2, 0.25) is 15.9 Å². The van der Waals surface area contributed by atoms with Gasteiger partial charge in [-0.05, 0) is 43.2 Å². The van der Waals surface area contributed by atoms with E-state index >= 15 is 0 Å². The second-order valence-corrected chi connectivity index (χ2v) is 8.17. The fourth-order valence-corrected chi connectivity index (χ4v) is 4.01. The molecule has 1 N–H and O–H groups in total. The van der Waals surface area contributed by atoms with Gasteiger partial charge in [0, 0.05) is 6.07 Å². The number of methoxy groups -OCH3 is 2. The highest BCUT2D eigenvalue weighted by atomic mass is 32.2. The van der Waals surface area contributed by atoms with E-state index < -0.39 is 22.0 Å². The molecule has 0 unspecified atom stereocenters. The third-order valence-corrected chi connectivity index (χ3v) is 5.59. The van der Waals surface area contributed by atoms with Gasteiger partial charge < -0.3 is 14.8 Å². The number of amides is 1. The van der Waals surface area contributed by atoms with E-state index in [4.69, 9.17) is 9.47 Å². The molecule has 28 heavy (non-hydrogen) atoms. The van der Waals surface area contributed by atoms with E-state index in [1.807, 2.05) is 19.1 Å². The predicted octanol–water partition coefficient (Wildman–Crippen LogP) is 3.06. The van der Waals surface area contributed by atoms with E-state index in [0.717, 1.165) is 22.5 Å². The Hall–Kier alpha value is -2.74. The maximum Gasteiger partial charge on any atom is 0.248 e. The van der Waals surface area contributed by atoms with Crippen molar-refractivity contribution < 1.29 is 22.7 Å². The quantitative estimate of drug-likeness (QED) is 0.728. The predicted molar refractivity (Wildman–Crippen MR) is 111 cm³/mol. The van der Waals surface area contributed by atoms with Gasteiger partial charge in [0.1, 0.15) is 17.5 Å². The van der Waals surface area contributed by atoms with Crippen LogP contribution in [-0.2, 0) is 21.2 Å². The fraction of sp³-hybridized carbons (Fsp3) is 0.350. The Bertz CT molecular complexity index is 926. The van der Waals surface area contributed by atoms with Crippen LogP contribution in [-0.4, -0.2) is 40.8 Å². The number of ether oxygens (including phenoxy) is 2. The van der Waals surface area contributed by atoms with Gasteiger partial charge in [-0.15, -0.1) is 0 Å². The number of aryl methyl sites for hydroxylation is 1. The molecule has 0 heterocycles. The van der Waals surface area contributed by atoms with Gasteiger partial charge in [-0.2, -0.15) is 0 Å². The van der Waals surface area contributed by atoms with Crippen molar-refractivity contribution in [2.24, 2.45) is 0 Å². The van der Waals surface area contributed by atoms with Crippen molar-refractivity contribution in [3.63, 3.8) is 0 Å². The second kappa shape index (κ2) is 8.97. The SMILES string of the molecule is CCc1ccc(N([C@H](C)C(=O)Nc2cc(OC)ccc2OC)S(C)(=O)=O)cc1. The van der Waals surface area contributed by atoms with Gasteiger partial charge in [-0.3, -0.25) is 9.10 Å². The number of carbonyl (C=O) groups is 1. The Morgan fingerprint density at radius 1 is 1.11 bits per heavy atom. The zero-order valence-electron chi connectivity index (χ0n) is 16.7. The number of benzene rings is 2. The third-order valence-electron chi connectivity index (χ3n) is 4.35. The van der Waals surface area contributed by atoms with Crippen molar-refractivity contribution in [1.29, 1.82) is 0 Å². The molecule has 1 atom stereocenters. The maximum atomic E-state index is 12.9. The van der Waals surface area contributed by atoms with Crippen LogP contribution in [0, 0.1) is 0 Å². The monoisotopic (exact) mass is 406 g/mol. The molecule has 2 rings (SSSR count). The minimum absolute atomic E-state index is 0.397. The summed E-state index contributed by atoms with van der Waals surface area (Å²) < 4.78 is 36.4. The van der Waals surface area contributed by atoms with E-state index in [1.165, 1.54) is 21.1 Å². The Morgan fingerprint density at radius 2 is 1.75 bits per heavy atom. The molecule has 7 nitrogen and oxygen atoms in total. The molecule has 8 heteroatoms. The molecule has 0 aliphatic carbocycles. The van der Waals surface area contributed by atoms with Gasteiger partial charge in [0.05, 0.1) is 31.9 Å². The Balaban J connectivity index is 2.34. The summed E-state index contributed by atoms with van der Waals surface area (Å²) in [4.78, 5) is 12.9. The average Bonchev–Trinajstić information content (AvgIpc) is 2.67. The van der Waals surface area contributed by atoms with Crippen LogP contribution in [0.2, 0.25) is 0 Å². The highest BCUT2D eigenvalue weighted by Gasteiger charge is 2.29. The lowest BCUT2D eigenvalue weighted by Crippen LogP contribution is -2.45. The van der Waals surface area contributed by atoms with Crippen LogP contribution < -0.4 is 19.1 Å². The largest absolute Gasteiger partial charge is 0.497 e. The molecule has 0 aromatic heterocycles. The Labute approximate surface area is 166 Å². The molecule has 0 fully saturated rings. The lowest BCUT2D eigenvalue weighted by molar-refractivity contribution is -0.116. The van der Waals surface area contributed by atoms with Crippen molar-refractivity contribution >= 4 is 27.3 Å². The minimum Gasteiger partial charge on any atom is -0.497 e. The number of carbonyl (C=O) groups excluding carboxylic acids is 1. The molecular formula is C20H26N2O5S. The van der Waals surface area contributed by atoms with Crippen LogP contribution in [0.1, 0.15) is 19.4 Å². The summed E-state index contributed by atoms with van der Waals surface area (Å²) in [5.74, 6) is 0.495. The summed E-state index contributed by atoms with van der Waals surface area (Å²) in [6, 6.07) is 11.1. The van der Waals surface area contributed by atoms with Crippen LogP contribution in [0.15, 0.2) is 42.5 Å². The summed E-state index contributed by atoms with van der Waals surface area (Å²) in [5, 5.41) is 2.73. The van der Waals surface area contributed by atoms with E-state index in [2.05, 4.69) is 5.32 Å². The van der Waals surface area contributed by atoms with Gasteiger partial charge in [0.25, 0.3) is 0 Å². The number of nitrogens with zero attached hydrogens (tertiary/aromatic N) is 1. The number of rotatable bonds is 8. The summed E-state index contributed by atoms with van der Waals surface area (Å²) in [5.41, 5.74) is 1.91. The molecule has 0 bridgehead atoms. The fourth-order valence-electron chi connectivity index (χ4n) is 2.84. The normalized spacial score (nSPS) is 12.2. The topological polar surface area (TPSA) is 84.9 Å². The van der Waals surface area contributed by atoms with Crippen molar-refractivity contribution in [2.75, 3.05) is 30.1 Å². The molecule has 2 aromatic carbocycles. The molecule has 0 spiro atoms. The highest BCUT2D eigenvalue weighted by Crippen LogP contribution is 2.30. The lowest BCUT2D eigenvalue weighted by Gasteiger charge is -2.28. The standard InChI is InChI=1S/C20H26N2O5S/c1-6-15-7-9-16(10-8-15)22(28(5,24)25)14(2)20(23)21-18-13-17(26-3)11-12-19(18)27-4/h7-14H,6H2,1-5H3,(H,21,23)/t14-/m1/s1. The Morgan fingerprint density at radius 3 is 2.25 bits per heavy atom. The molecule has 2 aromatic rings. The van der Waals surface area contributed by atoms with E-state index in [0.29, 0.717) is 22.9 Å². The van der Waals surface area contributed by atoms with E-state index in [1.54, 1.807) is 30.3 Å². The number of hydrogen-bond acceptors (Lipinski definition) is 5. The molecular weight excluding hydrogens is 380 g/mol. The van der Waals surface area contributed by atoms with Crippen LogP contribution >= 0.6 is 0 Å². The first kappa shape index (κ1) is 21.6. The molecule has 152 valence electrons. The van der Waals surface area contributed by atoms with Gasteiger partial charge in [-0.1, -0.05) is 19.1 Å². The second-order valence-electron chi connectivity index (χ2n) is 6.31. The van der Waals surface area contributed by atoms with E-state index in [-0.39, 0.29) is 0 Å². The maximum absolute atomic E-state index is 12.9. The van der Waals surface area contributed by atoms with E-state index in [9.17, 15) is 13.2 Å². The summed E-state index contributed by atoms with van der Waals surface area (Å²) in [6.07, 6.45) is 1.92. The molecule has 1 amide bonds. The van der Waals surface area contributed by atoms with Crippen LogP contribution in [0.3, 0.4) is 0 Å². The molecule has 0 saturated heterocycles. The van der Waals surface area contributed by atoms with Crippen molar-refractivity contribution in [1.82, 2.24) is 0 Å². The summed E-state index contributed by atoms with van der Waals surface area (Å²) >= 11 is 0. The number of sulfonamides is 1. The summed E-state index contributed by atoms with van der Waals surface area (Å²) in [6.45, 7) is 3.55. The highest BCUT2D eigenvalue weighted by molar-refractivity contribution is 7.92. The third kappa shape index (κ3) is 4.95. The molecule has 0 aliphatic rings. The van der Waals surface area contributed by atoms with Crippen molar-refractivity contribution in [2.45, 2.75) is 26.3 Å². The first-order valence-corrected chi connectivity index (χ1v) is 10.7. The molecule has 0 radical (unpaired) electrons. The summed E-state index contributed by atoms with van der Waals surface area (Å²) in [7, 11) is -0.686. The zero-order chi connectivity index (χ0) is 20.9. The van der Waals surface area contributed by atoms with Crippen LogP contribution in [0.4, 0.5) is 11.4 Å². The Kier molecular flexibility index (Phi) is 6.90.